The number of likely N-dealkylation sites (tertiary alicyclic amines) is 1. The summed E-state index contributed by atoms with van der Waals surface area (Å²) in [7, 11) is 0. The standard InChI is InChI=1S/C22H28N4O2/c1-16-12-14-26(24-16)19-9-4-2-7-17(19)15-23-22(28)18-8-3-5-10-20(18)25-13-6-11-21(25)27/h2,4,7,9,12,14,18,20H,3,5-6,8,10-11,13,15H2,1H3,(H,23,28)/t18-,20+/m1/s1. The number of aryl methyl sites for hydroxylation is 1. The van der Waals surface area contributed by atoms with Gasteiger partial charge < -0.3 is 10.2 Å². The van der Waals surface area contributed by atoms with Crippen molar-refractivity contribution in [2.75, 3.05) is 6.54 Å². The second-order valence-electron chi connectivity index (χ2n) is 7.90. The molecule has 1 aromatic heterocycles. The van der Waals surface area contributed by atoms with Gasteiger partial charge in [0.05, 0.1) is 17.3 Å². The normalized spacial score (nSPS) is 22.5. The maximum absolute atomic E-state index is 13.0. The fourth-order valence-corrected chi connectivity index (χ4v) is 4.56. The summed E-state index contributed by atoms with van der Waals surface area (Å²) in [6, 6.07) is 10.0. The van der Waals surface area contributed by atoms with E-state index >= 15 is 0 Å². The molecule has 2 aromatic rings. The highest BCUT2D eigenvalue weighted by Crippen LogP contribution is 2.31. The van der Waals surface area contributed by atoms with E-state index in [-0.39, 0.29) is 23.8 Å². The van der Waals surface area contributed by atoms with Gasteiger partial charge in [-0.3, -0.25) is 9.59 Å². The second-order valence-corrected chi connectivity index (χ2v) is 7.90. The van der Waals surface area contributed by atoms with E-state index in [4.69, 9.17) is 0 Å². The molecule has 2 amide bonds. The first kappa shape index (κ1) is 18.7. The van der Waals surface area contributed by atoms with Crippen molar-refractivity contribution >= 4 is 11.8 Å². The van der Waals surface area contributed by atoms with Crippen LogP contribution in [0, 0.1) is 12.8 Å². The Bertz CT molecular complexity index is 860. The van der Waals surface area contributed by atoms with Crippen LogP contribution in [0.1, 0.15) is 49.8 Å². The van der Waals surface area contributed by atoms with Gasteiger partial charge in [0.2, 0.25) is 11.8 Å². The van der Waals surface area contributed by atoms with E-state index in [1.807, 2.05) is 53.0 Å². The summed E-state index contributed by atoms with van der Waals surface area (Å²) in [5, 5.41) is 7.63. The summed E-state index contributed by atoms with van der Waals surface area (Å²) in [6.07, 6.45) is 7.43. The van der Waals surface area contributed by atoms with Crippen molar-refractivity contribution in [3.8, 4) is 5.69 Å². The van der Waals surface area contributed by atoms with Crippen LogP contribution in [0.2, 0.25) is 0 Å². The summed E-state index contributed by atoms with van der Waals surface area (Å²) in [5.41, 5.74) is 2.97. The van der Waals surface area contributed by atoms with Crippen molar-refractivity contribution in [1.82, 2.24) is 20.0 Å². The zero-order chi connectivity index (χ0) is 19.5. The molecule has 148 valence electrons. The number of amides is 2. The molecule has 1 aliphatic carbocycles. The Morgan fingerprint density at radius 2 is 2.00 bits per heavy atom. The maximum atomic E-state index is 13.0. The minimum atomic E-state index is -0.102. The van der Waals surface area contributed by atoms with Crippen LogP contribution in [0.25, 0.3) is 5.69 Å². The molecule has 2 fully saturated rings. The van der Waals surface area contributed by atoms with Crippen molar-refractivity contribution in [3.63, 3.8) is 0 Å². The molecule has 0 unspecified atom stereocenters. The molecule has 2 heterocycles. The summed E-state index contributed by atoms with van der Waals surface area (Å²) in [5.74, 6) is 0.176. The number of rotatable bonds is 5. The van der Waals surface area contributed by atoms with E-state index in [9.17, 15) is 9.59 Å². The minimum absolute atomic E-state index is 0.0627. The zero-order valence-corrected chi connectivity index (χ0v) is 16.4. The fraction of sp³-hybridized carbons (Fsp3) is 0.500. The van der Waals surface area contributed by atoms with Gasteiger partial charge >= 0.3 is 0 Å². The van der Waals surface area contributed by atoms with Gasteiger partial charge in [0.25, 0.3) is 0 Å². The molecule has 1 aliphatic heterocycles. The maximum Gasteiger partial charge on any atom is 0.225 e. The van der Waals surface area contributed by atoms with Crippen LogP contribution in [0.3, 0.4) is 0 Å². The number of hydrogen-bond acceptors (Lipinski definition) is 3. The highest BCUT2D eigenvalue weighted by Gasteiger charge is 2.38. The molecular weight excluding hydrogens is 352 g/mol. The fourth-order valence-electron chi connectivity index (χ4n) is 4.56. The first-order valence-corrected chi connectivity index (χ1v) is 10.3. The van der Waals surface area contributed by atoms with Crippen LogP contribution >= 0.6 is 0 Å². The third-order valence-corrected chi connectivity index (χ3v) is 5.99. The number of nitrogens with zero attached hydrogens (tertiary/aromatic N) is 3. The van der Waals surface area contributed by atoms with Gasteiger partial charge in [-0.1, -0.05) is 31.0 Å². The van der Waals surface area contributed by atoms with Crippen LogP contribution in [0.4, 0.5) is 0 Å². The highest BCUT2D eigenvalue weighted by molar-refractivity contribution is 5.82. The van der Waals surface area contributed by atoms with Crippen LogP contribution < -0.4 is 5.32 Å². The van der Waals surface area contributed by atoms with E-state index in [0.29, 0.717) is 13.0 Å². The van der Waals surface area contributed by atoms with Crippen molar-refractivity contribution < 1.29 is 9.59 Å². The first-order chi connectivity index (χ1) is 13.6. The molecule has 2 aliphatic rings. The molecule has 0 spiro atoms. The molecule has 6 heteroatoms. The Balaban J connectivity index is 1.46. The Morgan fingerprint density at radius 3 is 2.75 bits per heavy atom. The van der Waals surface area contributed by atoms with Gasteiger partial charge in [0.15, 0.2) is 0 Å². The highest BCUT2D eigenvalue weighted by atomic mass is 16.2. The third kappa shape index (κ3) is 3.81. The quantitative estimate of drug-likeness (QED) is 0.867. The summed E-state index contributed by atoms with van der Waals surface area (Å²) in [6.45, 7) is 3.23. The smallest absolute Gasteiger partial charge is 0.225 e. The molecule has 0 bridgehead atoms. The van der Waals surface area contributed by atoms with E-state index < -0.39 is 0 Å². The Kier molecular flexibility index (Phi) is 5.46. The summed E-state index contributed by atoms with van der Waals surface area (Å²) < 4.78 is 1.85. The summed E-state index contributed by atoms with van der Waals surface area (Å²) in [4.78, 5) is 27.2. The SMILES string of the molecule is Cc1ccn(-c2ccccc2CNC(=O)[C@@H]2CCCC[C@@H]2N2CCCC2=O)n1. The molecule has 2 atom stereocenters. The zero-order valence-electron chi connectivity index (χ0n) is 16.4. The lowest BCUT2D eigenvalue weighted by atomic mass is 9.83. The van der Waals surface area contributed by atoms with Crippen molar-refractivity contribution in [2.45, 2.75) is 58.0 Å². The van der Waals surface area contributed by atoms with Gasteiger partial charge in [-0.15, -0.1) is 0 Å². The lowest BCUT2D eigenvalue weighted by Crippen LogP contribution is -2.48. The molecule has 1 N–H and O–H groups in total. The van der Waals surface area contributed by atoms with Crippen LogP contribution in [0.15, 0.2) is 36.5 Å². The molecule has 1 saturated carbocycles. The number of benzene rings is 1. The molecule has 6 nitrogen and oxygen atoms in total. The monoisotopic (exact) mass is 380 g/mol. The van der Waals surface area contributed by atoms with Gasteiger partial charge in [0.1, 0.15) is 0 Å². The number of carbonyl (C=O) groups excluding carboxylic acids is 2. The number of para-hydroxylation sites is 1. The predicted molar refractivity (Wildman–Crippen MR) is 107 cm³/mol. The molecule has 1 aromatic carbocycles. The van der Waals surface area contributed by atoms with Crippen LogP contribution in [-0.2, 0) is 16.1 Å². The number of aromatic nitrogens is 2. The number of nitrogens with one attached hydrogen (secondary N) is 1. The summed E-state index contributed by atoms with van der Waals surface area (Å²) >= 11 is 0. The molecule has 0 radical (unpaired) electrons. The lowest BCUT2D eigenvalue weighted by Gasteiger charge is -2.37. The third-order valence-electron chi connectivity index (χ3n) is 5.99. The van der Waals surface area contributed by atoms with E-state index in [1.54, 1.807) is 0 Å². The second kappa shape index (κ2) is 8.17. The van der Waals surface area contributed by atoms with E-state index in [0.717, 1.165) is 55.6 Å². The van der Waals surface area contributed by atoms with Gasteiger partial charge in [0, 0.05) is 31.7 Å². The van der Waals surface area contributed by atoms with Gasteiger partial charge in [-0.2, -0.15) is 5.10 Å². The van der Waals surface area contributed by atoms with Crippen molar-refractivity contribution in [1.29, 1.82) is 0 Å². The van der Waals surface area contributed by atoms with Gasteiger partial charge in [-0.25, -0.2) is 4.68 Å². The predicted octanol–water partition coefficient (Wildman–Crippen LogP) is 2.98. The van der Waals surface area contributed by atoms with E-state index in [2.05, 4.69) is 10.4 Å². The largest absolute Gasteiger partial charge is 0.352 e. The van der Waals surface area contributed by atoms with Gasteiger partial charge in [-0.05, 0) is 43.9 Å². The molecular formula is C22H28N4O2. The Hall–Kier alpha value is -2.63. The van der Waals surface area contributed by atoms with Crippen molar-refractivity contribution in [3.05, 3.63) is 47.8 Å². The average Bonchev–Trinajstić information content (AvgIpc) is 3.34. The topological polar surface area (TPSA) is 67.2 Å². The number of carbonyl (C=O) groups is 2. The number of hydrogen-bond donors (Lipinski definition) is 1. The Labute approximate surface area is 165 Å². The minimum Gasteiger partial charge on any atom is -0.352 e. The lowest BCUT2D eigenvalue weighted by molar-refractivity contribution is -0.135. The van der Waals surface area contributed by atoms with E-state index in [1.165, 1.54) is 0 Å². The average molecular weight is 380 g/mol. The van der Waals surface area contributed by atoms with Crippen LogP contribution in [0.5, 0.6) is 0 Å². The first-order valence-electron chi connectivity index (χ1n) is 10.3. The molecule has 4 rings (SSSR count). The Morgan fingerprint density at radius 1 is 1.18 bits per heavy atom. The molecule has 1 saturated heterocycles. The molecule has 28 heavy (non-hydrogen) atoms. The van der Waals surface area contributed by atoms with Crippen molar-refractivity contribution in [2.24, 2.45) is 5.92 Å². The van der Waals surface area contributed by atoms with Crippen LogP contribution in [-0.4, -0.2) is 39.1 Å².